The Morgan fingerprint density at radius 3 is 2.55 bits per heavy atom. The number of hydrogen-bond donors (Lipinski definition) is 1. The maximum Gasteiger partial charge on any atom is 0.188 e. The van der Waals surface area contributed by atoms with Gasteiger partial charge >= 0.3 is 0 Å². The first kappa shape index (κ1) is 12.9. The van der Waals surface area contributed by atoms with Crippen LogP contribution in [-0.4, -0.2) is 12.1 Å². The Bertz CT molecular complexity index is 744. The lowest BCUT2D eigenvalue weighted by molar-refractivity contribution is 0.415. The van der Waals surface area contributed by atoms with Gasteiger partial charge in [-0.05, 0) is 43.2 Å². The molecule has 0 unspecified atom stereocenters. The summed E-state index contributed by atoms with van der Waals surface area (Å²) in [6.45, 7) is 4.21. The minimum Gasteiger partial charge on any atom is -0.497 e. The van der Waals surface area contributed by atoms with Crippen LogP contribution >= 0.6 is 11.3 Å². The number of methoxy groups -OCH3 is 1. The molecule has 3 rings (SSSR count). The predicted molar refractivity (Wildman–Crippen MR) is 85.4 cm³/mol. The molecule has 0 bridgehead atoms. The molecule has 0 fully saturated rings. The molecule has 0 spiro atoms. The van der Waals surface area contributed by atoms with Gasteiger partial charge in [-0.25, -0.2) is 4.98 Å². The van der Waals surface area contributed by atoms with Gasteiger partial charge in [-0.3, -0.25) is 0 Å². The maximum atomic E-state index is 5.25. The molecule has 3 aromatic rings. The summed E-state index contributed by atoms with van der Waals surface area (Å²) in [6, 6.07) is 12.2. The van der Waals surface area contributed by atoms with Crippen molar-refractivity contribution in [2.75, 3.05) is 12.4 Å². The number of ether oxygens (including phenoxy) is 1. The summed E-state index contributed by atoms with van der Waals surface area (Å²) in [6.07, 6.45) is 0. The second-order valence-electron chi connectivity index (χ2n) is 4.74. The molecule has 0 amide bonds. The Balaban J connectivity index is 1.99. The number of nitrogens with zero attached hydrogens (tertiary/aromatic N) is 1. The van der Waals surface area contributed by atoms with E-state index >= 15 is 0 Å². The molecule has 2 aromatic carbocycles. The van der Waals surface area contributed by atoms with Crippen LogP contribution in [0, 0.1) is 13.8 Å². The molecule has 1 aromatic heterocycles. The Hall–Kier alpha value is -2.07. The number of anilines is 2. The van der Waals surface area contributed by atoms with Crippen LogP contribution in [0.4, 0.5) is 10.8 Å². The van der Waals surface area contributed by atoms with E-state index in [1.807, 2.05) is 18.2 Å². The number of aromatic nitrogens is 1. The number of aryl methyl sites for hydroxylation is 2. The van der Waals surface area contributed by atoms with Gasteiger partial charge in [0, 0.05) is 5.69 Å². The van der Waals surface area contributed by atoms with Crippen LogP contribution in [0.2, 0.25) is 0 Å². The van der Waals surface area contributed by atoms with Crippen molar-refractivity contribution in [2.45, 2.75) is 13.8 Å². The third-order valence-corrected chi connectivity index (χ3v) is 4.24. The molecule has 102 valence electrons. The SMILES string of the molecule is COc1ccc2nc(Nc3c(C)cccc3C)sc2c1. The third kappa shape index (κ3) is 2.34. The van der Waals surface area contributed by atoms with Crippen molar-refractivity contribution in [2.24, 2.45) is 0 Å². The molecule has 0 aliphatic rings. The molecule has 0 radical (unpaired) electrons. The summed E-state index contributed by atoms with van der Waals surface area (Å²) in [4.78, 5) is 4.62. The highest BCUT2D eigenvalue weighted by Gasteiger charge is 2.08. The van der Waals surface area contributed by atoms with Gasteiger partial charge in [0.25, 0.3) is 0 Å². The maximum absolute atomic E-state index is 5.25. The van der Waals surface area contributed by atoms with Gasteiger partial charge in [-0.2, -0.15) is 0 Å². The largest absolute Gasteiger partial charge is 0.497 e. The highest BCUT2D eigenvalue weighted by atomic mass is 32.1. The summed E-state index contributed by atoms with van der Waals surface area (Å²) >= 11 is 1.64. The van der Waals surface area contributed by atoms with Crippen LogP contribution in [-0.2, 0) is 0 Å². The molecule has 20 heavy (non-hydrogen) atoms. The average Bonchev–Trinajstić information content (AvgIpc) is 2.84. The molecule has 0 saturated heterocycles. The van der Waals surface area contributed by atoms with Crippen molar-refractivity contribution in [3.8, 4) is 5.75 Å². The van der Waals surface area contributed by atoms with Crippen LogP contribution < -0.4 is 10.1 Å². The van der Waals surface area contributed by atoms with Gasteiger partial charge in [0.15, 0.2) is 5.13 Å². The topological polar surface area (TPSA) is 34.1 Å². The Kier molecular flexibility index (Phi) is 3.32. The second-order valence-corrected chi connectivity index (χ2v) is 5.78. The molecule has 0 aliphatic heterocycles. The number of rotatable bonds is 3. The van der Waals surface area contributed by atoms with E-state index in [2.05, 4.69) is 42.3 Å². The number of benzene rings is 2. The zero-order chi connectivity index (χ0) is 14.1. The highest BCUT2D eigenvalue weighted by molar-refractivity contribution is 7.22. The zero-order valence-corrected chi connectivity index (χ0v) is 12.5. The van der Waals surface area contributed by atoms with Gasteiger partial charge in [0.05, 0.1) is 17.3 Å². The molecule has 0 atom stereocenters. The summed E-state index contributed by atoms with van der Waals surface area (Å²) in [5, 5.41) is 4.34. The van der Waals surface area contributed by atoms with E-state index in [1.54, 1.807) is 18.4 Å². The normalized spacial score (nSPS) is 10.8. The van der Waals surface area contributed by atoms with Gasteiger partial charge in [0.2, 0.25) is 0 Å². The Morgan fingerprint density at radius 1 is 1.10 bits per heavy atom. The quantitative estimate of drug-likeness (QED) is 0.759. The Labute approximate surface area is 122 Å². The van der Waals surface area contributed by atoms with Crippen molar-refractivity contribution < 1.29 is 4.74 Å². The number of thiazole rings is 1. The van der Waals surface area contributed by atoms with Crippen LogP contribution in [0.15, 0.2) is 36.4 Å². The fourth-order valence-corrected chi connectivity index (χ4v) is 3.10. The first-order valence-electron chi connectivity index (χ1n) is 6.45. The minimum absolute atomic E-state index is 0.861. The number of fused-ring (bicyclic) bond motifs is 1. The van der Waals surface area contributed by atoms with Crippen LogP contribution in [0.1, 0.15) is 11.1 Å². The fourth-order valence-electron chi connectivity index (χ4n) is 2.20. The number of hydrogen-bond acceptors (Lipinski definition) is 4. The molecular weight excluding hydrogens is 268 g/mol. The van der Waals surface area contributed by atoms with E-state index < -0.39 is 0 Å². The molecular formula is C16H16N2OS. The lowest BCUT2D eigenvalue weighted by Gasteiger charge is -2.09. The van der Waals surface area contributed by atoms with Gasteiger partial charge in [-0.1, -0.05) is 29.5 Å². The number of nitrogens with one attached hydrogen (secondary N) is 1. The van der Waals surface area contributed by atoms with E-state index in [0.717, 1.165) is 26.8 Å². The summed E-state index contributed by atoms with van der Waals surface area (Å²) in [7, 11) is 1.68. The standard InChI is InChI=1S/C16H16N2OS/c1-10-5-4-6-11(2)15(10)18-16-17-13-8-7-12(19-3)9-14(13)20-16/h4-9H,1-3H3,(H,17,18). The molecule has 0 saturated carbocycles. The van der Waals surface area contributed by atoms with Gasteiger partial charge in [0.1, 0.15) is 5.75 Å². The lowest BCUT2D eigenvalue weighted by Crippen LogP contribution is -1.94. The lowest BCUT2D eigenvalue weighted by atomic mass is 10.1. The molecule has 1 heterocycles. The molecule has 4 heteroatoms. The first-order chi connectivity index (χ1) is 9.67. The van der Waals surface area contributed by atoms with E-state index in [9.17, 15) is 0 Å². The fraction of sp³-hybridized carbons (Fsp3) is 0.188. The van der Waals surface area contributed by atoms with Crippen molar-refractivity contribution >= 4 is 32.4 Å². The molecule has 0 aliphatic carbocycles. The van der Waals surface area contributed by atoms with Crippen molar-refractivity contribution in [3.05, 3.63) is 47.5 Å². The van der Waals surface area contributed by atoms with Crippen LogP contribution in [0.5, 0.6) is 5.75 Å². The highest BCUT2D eigenvalue weighted by Crippen LogP contribution is 2.32. The molecule has 3 nitrogen and oxygen atoms in total. The average molecular weight is 284 g/mol. The molecule has 1 N–H and O–H groups in total. The van der Waals surface area contributed by atoms with Crippen molar-refractivity contribution in [1.82, 2.24) is 4.98 Å². The smallest absolute Gasteiger partial charge is 0.188 e. The third-order valence-electron chi connectivity index (χ3n) is 3.31. The summed E-state index contributed by atoms with van der Waals surface area (Å²) in [5.41, 5.74) is 4.58. The predicted octanol–water partition coefficient (Wildman–Crippen LogP) is 4.67. The number of para-hydroxylation sites is 1. The Morgan fingerprint density at radius 2 is 1.85 bits per heavy atom. The van der Waals surface area contributed by atoms with E-state index in [0.29, 0.717) is 0 Å². The summed E-state index contributed by atoms with van der Waals surface area (Å²) < 4.78 is 6.37. The van der Waals surface area contributed by atoms with Crippen LogP contribution in [0.3, 0.4) is 0 Å². The van der Waals surface area contributed by atoms with E-state index in [-0.39, 0.29) is 0 Å². The van der Waals surface area contributed by atoms with E-state index in [1.165, 1.54) is 11.1 Å². The van der Waals surface area contributed by atoms with Crippen molar-refractivity contribution in [3.63, 3.8) is 0 Å². The second kappa shape index (κ2) is 5.13. The van der Waals surface area contributed by atoms with Gasteiger partial charge < -0.3 is 10.1 Å². The van der Waals surface area contributed by atoms with E-state index in [4.69, 9.17) is 4.74 Å². The first-order valence-corrected chi connectivity index (χ1v) is 7.27. The monoisotopic (exact) mass is 284 g/mol. The summed E-state index contributed by atoms with van der Waals surface area (Å²) in [5.74, 6) is 0.861. The minimum atomic E-state index is 0.861. The van der Waals surface area contributed by atoms with Gasteiger partial charge in [-0.15, -0.1) is 0 Å². The van der Waals surface area contributed by atoms with Crippen LogP contribution in [0.25, 0.3) is 10.2 Å². The van der Waals surface area contributed by atoms with Crippen molar-refractivity contribution in [1.29, 1.82) is 0 Å². The zero-order valence-electron chi connectivity index (χ0n) is 11.7.